The van der Waals surface area contributed by atoms with E-state index < -0.39 is 0 Å². The molecule has 1 amide bonds. The number of nitrogens with one attached hydrogen (secondary N) is 1. The molecule has 0 fully saturated rings. The lowest BCUT2D eigenvalue weighted by Gasteiger charge is -2.15. The lowest BCUT2D eigenvalue weighted by atomic mass is 10.3. The maximum absolute atomic E-state index is 12.4. The number of amides is 1. The van der Waals surface area contributed by atoms with Gasteiger partial charge in [0.1, 0.15) is 5.75 Å². The Hall–Kier alpha value is -2.48. The molecule has 1 heterocycles. The molecule has 0 aliphatic rings. The summed E-state index contributed by atoms with van der Waals surface area (Å²) in [6.45, 7) is 6.19. The number of nitrogens with zero attached hydrogens (tertiary/aromatic N) is 3. The van der Waals surface area contributed by atoms with Crippen molar-refractivity contribution in [2.75, 3.05) is 11.1 Å². The van der Waals surface area contributed by atoms with E-state index >= 15 is 0 Å². The monoisotopic (exact) mass is 462 g/mol. The number of halogens is 2. The molecule has 1 N–H and O–H groups in total. The molecule has 6 nitrogen and oxygen atoms in total. The number of aromatic nitrogens is 3. The van der Waals surface area contributed by atoms with E-state index in [4.69, 9.17) is 27.9 Å². The first kappa shape index (κ1) is 22.2. The lowest BCUT2D eigenvalue weighted by Crippen LogP contribution is -2.15. The maximum atomic E-state index is 12.4. The second-order valence-corrected chi connectivity index (χ2v) is 8.06. The van der Waals surface area contributed by atoms with Crippen molar-refractivity contribution in [1.82, 2.24) is 14.8 Å². The lowest BCUT2D eigenvalue weighted by molar-refractivity contribution is -0.113. The van der Waals surface area contributed by atoms with E-state index in [9.17, 15) is 4.79 Å². The smallest absolute Gasteiger partial charge is 0.234 e. The van der Waals surface area contributed by atoms with Crippen LogP contribution < -0.4 is 10.1 Å². The summed E-state index contributed by atoms with van der Waals surface area (Å²) in [5.74, 6) is 1.30. The second-order valence-electron chi connectivity index (χ2n) is 6.27. The van der Waals surface area contributed by atoms with Gasteiger partial charge in [-0.2, -0.15) is 0 Å². The molecule has 1 atom stereocenters. The van der Waals surface area contributed by atoms with Gasteiger partial charge in [0, 0.05) is 11.6 Å². The number of ether oxygens (including phenoxy) is 1. The van der Waals surface area contributed by atoms with E-state index in [0.717, 1.165) is 5.75 Å². The molecular weight excluding hydrogens is 443 g/mol. The number of benzene rings is 2. The highest BCUT2D eigenvalue weighted by Gasteiger charge is 2.20. The van der Waals surface area contributed by atoms with Crippen molar-refractivity contribution in [2.24, 2.45) is 0 Å². The average molecular weight is 463 g/mol. The van der Waals surface area contributed by atoms with Crippen molar-refractivity contribution < 1.29 is 9.53 Å². The Kier molecular flexibility index (Phi) is 7.79. The van der Waals surface area contributed by atoms with Crippen LogP contribution in [0.3, 0.4) is 0 Å². The highest BCUT2D eigenvalue weighted by molar-refractivity contribution is 7.99. The molecule has 0 radical (unpaired) electrons. The van der Waals surface area contributed by atoms with Gasteiger partial charge in [0.2, 0.25) is 5.91 Å². The number of thioether (sulfide) groups is 1. The van der Waals surface area contributed by atoms with Crippen LogP contribution in [0.15, 0.2) is 66.3 Å². The first-order valence-electron chi connectivity index (χ1n) is 9.11. The van der Waals surface area contributed by atoms with Gasteiger partial charge in [-0.05, 0) is 37.3 Å². The maximum Gasteiger partial charge on any atom is 0.234 e. The van der Waals surface area contributed by atoms with Crippen LogP contribution in [0, 0.1) is 0 Å². The van der Waals surface area contributed by atoms with Gasteiger partial charge in [0.05, 0.1) is 16.5 Å². The fourth-order valence-corrected chi connectivity index (χ4v) is 3.77. The van der Waals surface area contributed by atoms with Gasteiger partial charge in [0.15, 0.2) is 17.1 Å². The topological polar surface area (TPSA) is 69.0 Å². The van der Waals surface area contributed by atoms with E-state index in [2.05, 4.69) is 22.1 Å². The normalized spacial score (nSPS) is 11.7. The summed E-state index contributed by atoms with van der Waals surface area (Å²) in [5, 5.41) is 12.8. The Balaban J connectivity index is 1.67. The number of para-hydroxylation sites is 1. The Labute approximate surface area is 189 Å². The molecule has 0 unspecified atom stereocenters. The second kappa shape index (κ2) is 10.5. The summed E-state index contributed by atoms with van der Waals surface area (Å²) in [7, 11) is 0. The Morgan fingerprint density at radius 1 is 1.27 bits per heavy atom. The van der Waals surface area contributed by atoms with E-state index in [-0.39, 0.29) is 17.8 Å². The summed E-state index contributed by atoms with van der Waals surface area (Å²) in [5.41, 5.74) is 0.466. The van der Waals surface area contributed by atoms with Gasteiger partial charge in [-0.15, -0.1) is 16.8 Å². The molecule has 0 aliphatic carbocycles. The molecule has 3 rings (SSSR count). The van der Waals surface area contributed by atoms with Crippen molar-refractivity contribution in [2.45, 2.75) is 24.7 Å². The third-order valence-electron chi connectivity index (χ3n) is 4.01. The van der Waals surface area contributed by atoms with Gasteiger partial charge in [-0.25, -0.2) is 0 Å². The van der Waals surface area contributed by atoms with Gasteiger partial charge < -0.3 is 10.1 Å². The minimum Gasteiger partial charge on any atom is -0.483 e. The average Bonchev–Trinajstić information content (AvgIpc) is 3.13. The molecule has 9 heteroatoms. The minimum absolute atomic E-state index is 0.131. The molecule has 30 heavy (non-hydrogen) atoms. The zero-order chi connectivity index (χ0) is 21.5. The van der Waals surface area contributed by atoms with Crippen LogP contribution in [-0.4, -0.2) is 26.4 Å². The predicted octanol–water partition coefficient (Wildman–Crippen LogP) is 5.64. The van der Waals surface area contributed by atoms with Gasteiger partial charge in [-0.1, -0.05) is 59.2 Å². The van der Waals surface area contributed by atoms with Crippen LogP contribution in [0.4, 0.5) is 5.69 Å². The minimum atomic E-state index is -0.326. The third kappa shape index (κ3) is 5.78. The zero-order valence-corrected chi connectivity index (χ0v) is 18.5. The van der Waals surface area contributed by atoms with E-state index in [1.54, 1.807) is 24.3 Å². The quantitative estimate of drug-likeness (QED) is 0.329. The van der Waals surface area contributed by atoms with Crippen molar-refractivity contribution in [3.05, 3.63) is 77.1 Å². The van der Waals surface area contributed by atoms with E-state index in [1.165, 1.54) is 11.8 Å². The summed E-state index contributed by atoms with van der Waals surface area (Å²) in [6, 6.07) is 14.4. The van der Waals surface area contributed by atoms with Gasteiger partial charge in [-0.3, -0.25) is 9.36 Å². The van der Waals surface area contributed by atoms with Crippen molar-refractivity contribution >= 4 is 46.6 Å². The van der Waals surface area contributed by atoms with Crippen molar-refractivity contribution in [3.8, 4) is 5.75 Å². The Morgan fingerprint density at radius 2 is 2.03 bits per heavy atom. The number of hydrogen-bond donors (Lipinski definition) is 1. The summed E-state index contributed by atoms with van der Waals surface area (Å²) in [4.78, 5) is 12.4. The highest BCUT2D eigenvalue weighted by Crippen LogP contribution is 2.27. The van der Waals surface area contributed by atoms with Crippen molar-refractivity contribution in [1.29, 1.82) is 0 Å². The molecule has 0 saturated carbocycles. The highest BCUT2D eigenvalue weighted by atomic mass is 35.5. The number of rotatable bonds is 9. The Morgan fingerprint density at radius 3 is 2.77 bits per heavy atom. The van der Waals surface area contributed by atoms with Crippen LogP contribution in [0.25, 0.3) is 0 Å². The van der Waals surface area contributed by atoms with Crippen LogP contribution in [0.5, 0.6) is 5.75 Å². The molecule has 0 saturated heterocycles. The Bertz CT molecular complexity index is 1030. The zero-order valence-electron chi connectivity index (χ0n) is 16.2. The molecule has 156 valence electrons. The van der Waals surface area contributed by atoms with Gasteiger partial charge in [0.25, 0.3) is 0 Å². The van der Waals surface area contributed by atoms with Crippen LogP contribution in [-0.2, 0) is 11.3 Å². The first-order chi connectivity index (χ1) is 14.5. The number of carbonyl (C=O) groups excluding carboxylic acids is 1. The van der Waals surface area contributed by atoms with Crippen molar-refractivity contribution in [3.63, 3.8) is 0 Å². The first-order valence-corrected chi connectivity index (χ1v) is 10.9. The molecule has 3 aromatic rings. The summed E-state index contributed by atoms with van der Waals surface area (Å²) in [6.07, 6.45) is 1.42. The molecule has 0 aliphatic heterocycles. The van der Waals surface area contributed by atoms with E-state index in [1.807, 2.05) is 41.8 Å². The third-order valence-corrected chi connectivity index (χ3v) is 5.54. The molecule has 0 bridgehead atoms. The number of anilines is 1. The van der Waals surface area contributed by atoms with Crippen LogP contribution in [0.1, 0.15) is 18.9 Å². The molecular formula is C21H20Cl2N4O2S. The number of allylic oxidation sites excluding steroid dienone is 1. The summed E-state index contributed by atoms with van der Waals surface area (Å²) >= 11 is 13.3. The summed E-state index contributed by atoms with van der Waals surface area (Å²) < 4.78 is 7.84. The van der Waals surface area contributed by atoms with Crippen LogP contribution in [0.2, 0.25) is 10.0 Å². The fraction of sp³-hybridized carbons (Fsp3) is 0.190. The van der Waals surface area contributed by atoms with E-state index in [0.29, 0.717) is 33.3 Å². The molecule has 1 aromatic heterocycles. The molecule has 2 aromatic carbocycles. The number of hydrogen-bond acceptors (Lipinski definition) is 5. The van der Waals surface area contributed by atoms with Crippen LogP contribution >= 0.6 is 35.0 Å². The standard InChI is InChI=1S/C21H20Cl2N4O2S/c1-3-11-27-20(14(2)29-16-7-5-4-6-8-16)25-26-21(27)30-13-19(28)24-18-12-15(22)9-10-17(18)23/h3-10,12,14H,1,11,13H2,2H3,(H,24,28)/t14-/m0/s1. The molecule has 0 spiro atoms. The largest absolute Gasteiger partial charge is 0.483 e. The SMILES string of the molecule is C=CCn1c(SCC(=O)Nc2cc(Cl)ccc2Cl)nnc1[C@H](C)Oc1ccccc1. The number of carbonyl (C=O) groups is 1. The predicted molar refractivity (Wildman–Crippen MR) is 122 cm³/mol. The fourth-order valence-electron chi connectivity index (χ4n) is 2.67. The van der Waals surface area contributed by atoms with Gasteiger partial charge >= 0.3 is 0 Å².